The second kappa shape index (κ2) is 6.52. The van der Waals surface area contributed by atoms with Crippen LogP contribution in [0.5, 0.6) is 0 Å². The van der Waals surface area contributed by atoms with Crippen molar-refractivity contribution in [2.45, 2.75) is 44.8 Å². The van der Waals surface area contributed by atoms with Gasteiger partial charge >= 0.3 is 0 Å². The fraction of sp³-hybridized carbons (Fsp3) is 1.00. The molecule has 5 nitrogen and oxygen atoms in total. The van der Waals surface area contributed by atoms with E-state index >= 15 is 0 Å². The molecule has 19 heavy (non-hydrogen) atoms. The highest BCUT2D eigenvalue weighted by atomic mass is 32.2. The summed E-state index contributed by atoms with van der Waals surface area (Å²) in [6.07, 6.45) is 4.26. The molecular formula is C13H28N2O3S. The molecule has 1 saturated heterocycles. The Morgan fingerprint density at radius 3 is 2.58 bits per heavy atom. The molecule has 1 aliphatic heterocycles. The zero-order chi connectivity index (χ0) is 14.7. The maximum Gasteiger partial charge on any atom is 0.211 e. The Morgan fingerprint density at radius 2 is 2.11 bits per heavy atom. The summed E-state index contributed by atoms with van der Waals surface area (Å²) < 4.78 is 30.4. The monoisotopic (exact) mass is 292 g/mol. The van der Waals surface area contributed by atoms with Crippen molar-refractivity contribution in [1.29, 1.82) is 0 Å². The molecule has 0 spiro atoms. The lowest BCUT2D eigenvalue weighted by Gasteiger charge is -2.38. The molecular weight excluding hydrogens is 264 g/mol. The van der Waals surface area contributed by atoms with Crippen molar-refractivity contribution in [2.75, 3.05) is 33.5 Å². The van der Waals surface area contributed by atoms with E-state index in [1.165, 1.54) is 6.26 Å². The zero-order valence-electron chi connectivity index (χ0n) is 12.8. The van der Waals surface area contributed by atoms with Crippen LogP contribution in [0.15, 0.2) is 0 Å². The Labute approximate surface area is 117 Å². The molecule has 0 radical (unpaired) electrons. The minimum atomic E-state index is -3.06. The van der Waals surface area contributed by atoms with Crippen LogP contribution < -0.4 is 5.32 Å². The predicted molar refractivity (Wildman–Crippen MR) is 77.7 cm³/mol. The van der Waals surface area contributed by atoms with Gasteiger partial charge in [0.25, 0.3) is 0 Å². The molecule has 0 aromatic heterocycles. The highest BCUT2D eigenvalue weighted by molar-refractivity contribution is 7.88. The summed E-state index contributed by atoms with van der Waals surface area (Å²) in [4.78, 5) is 0. The molecule has 1 rings (SSSR count). The van der Waals surface area contributed by atoms with Gasteiger partial charge in [-0.2, -0.15) is 0 Å². The third-order valence-corrected chi connectivity index (χ3v) is 5.50. The van der Waals surface area contributed by atoms with Crippen molar-refractivity contribution in [3.8, 4) is 0 Å². The van der Waals surface area contributed by atoms with Crippen molar-refractivity contribution in [3.05, 3.63) is 0 Å². The summed E-state index contributed by atoms with van der Waals surface area (Å²) in [5.41, 5.74) is -0.248. The smallest absolute Gasteiger partial charge is 0.211 e. The quantitative estimate of drug-likeness (QED) is 0.795. The molecule has 114 valence electrons. The van der Waals surface area contributed by atoms with Crippen LogP contribution in [-0.2, 0) is 14.8 Å². The summed E-state index contributed by atoms with van der Waals surface area (Å²) in [6, 6.07) is 0.224. The summed E-state index contributed by atoms with van der Waals surface area (Å²) in [6.45, 7) is 5.42. The van der Waals surface area contributed by atoms with E-state index in [0.717, 1.165) is 19.3 Å². The topological polar surface area (TPSA) is 58.6 Å². The number of rotatable bonds is 6. The Bertz CT molecular complexity index is 381. The van der Waals surface area contributed by atoms with Gasteiger partial charge in [-0.25, -0.2) is 12.7 Å². The second-order valence-corrected chi connectivity index (χ2v) is 8.00. The molecule has 0 aliphatic carbocycles. The number of ether oxygens (including phenoxy) is 1. The fourth-order valence-corrected chi connectivity index (χ4v) is 3.69. The number of nitrogens with zero attached hydrogens (tertiary/aromatic N) is 1. The van der Waals surface area contributed by atoms with Gasteiger partial charge < -0.3 is 10.1 Å². The van der Waals surface area contributed by atoms with Gasteiger partial charge in [0.05, 0.1) is 11.9 Å². The van der Waals surface area contributed by atoms with E-state index in [4.69, 9.17) is 4.74 Å². The third-order valence-electron chi connectivity index (χ3n) is 4.23. The molecule has 2 unspecified atom stereocenters. The van der Waals surface area contributed by atoms with E-state index in [-0.39, 0.29) is 11.6 Å². The normalized spacial score (nSPS) is 24.4. The zero-order valence-corrected chi connectivity index (χ0v) is 13.6. The van der Waals surface area contributed by atoms with E-state index in [1.807, 2.05) is 7.05 Å². The first kappa shape index (κ1) is 16.9. The highest BCUT2D eigenvalue weighted by Gasteiger charge is 2.33. The summed E-state index contributed by atoms with van der Waals surface area (Å²) in [7, 11) is 0.589. The van der Waals surface area contributed by atoms with Crippen molar-refractivity contribution in [3.63, 3.8) is 0 Å². The molecule has 2 atom stereocenters. The van der Waals surface area contributed by atoms with Crippen LogP contribution in [0.4, 0.5) is 0 Å². The Kier molecular flexibility index (Phi) is 5.79. The molecule has 0 aromatic carbocycles. The van der Waals surface area contributed by atoms with E-state index in [2.05, 4.69) is 19.2 Å². The largest absolute Gasteiger partial charge is 0.377 e. The minimum Gasteiger partial charge on any atom is -0.377 e. The molecule has 1 N–H and O–H groups in total. The first-order valence-electron chi connectivity index (χ1n) is 6.88. The van der Waals surface area contributed by atoms with Crippen LogP contribution in [-0.4, -0.2) is 57.9 Å². The van der Waals surface area contributed by atoms with Gasteiger partial charge in [-0.05, 0) is 46.1 Å². The van der Waals surface area contributed by atoms with Crippen LogP contribution in [0.25, 0.3) is 0 Å². The van der Waals surface area contributed by atoms with Crippen LogP contribution in [0.2, 0.25) is 0 Å². The first-order chi connectivity index (χ1) is 8.70. The van der Waals surface area contributed by atoms with Gasteiger partial charge in [0.1, 0.15) is 0 Å². The van der Waals surface area contributed by atoms with Crippen LogP contribution in [0.3, 0.4) is 0 Å². The van der Waals surface area contributed by atoms with Gasteiger partial charge in [-0.3, -0.25) is 0 Å². The van der Waals surface area contributed by atoms with Gasteiger partial charge in [0, 0.05) is 26.2 Å². The number of methoxy groups -OCH3 is 1. The number of likely N-dealkylation sites (N-methyl/N-ethyl adjacent to an activating group) is 1. The van der Waals surface area contributed by atoms with Crippen molar-refractivity contribution in [2.24, 2.45) is 5.92 Å². The predicted octanol–water partition coefficient (Wildman–Crippen LogP) is 1.06. The molecule has 6 heteroatoms. The summed E-state index contributed by atoms with van der Waals surface area (Å²) in [5.74, 6) is 0.398. The van der Waals surface area contributed by atoms with Crippen molar-refractivity contribution in [1.82, 2.24) is 9.62 Å². The van der Waals surface area contributed by atoms with Gasteiger partial charge in [-0.15, -0.1) is 0 Å². The maximum atomic E-state index is 11.6. The molecule has 1 fully saturated rings. The molecule has 0 bridgehead atoms. The molecule has 1 aliphatic rings. The lowest BCUT2D eigenvalue weighted by molar-refractivity contribution is -0.0166. The highest BCUT2D eigenvalue weighted by Crippen LogP contribution is 2.27. The fourth-order valence-electron chi connectivity index (χ4n) is 2.75. The molecule has 0 saturated carbocycles. The Morgan fingerprint density at radius 1 is 1.47 bits per heavy atom. The van der Waals surface area contributed by atoms with E-state index < -0.39 is 10.0 Å². The van der Waals surface area contributed by atoms with Gasteiger partial charge in [0.2, 0.25) is 10.0 Å². The van der Waals surface area contributed by atoms with Crippen molar-refractivity contribution < 1.29 is 13.2 Å². The SMILES string of the molecule is CNC(CC1CCCN(S(C)(=O)=O)C1)C(C)(C)OC. The van der Waals surface area contributed by atoms with E-state index in [0.29, 0.717) is 19.0 Å². The van der Waals surface area contributed by atoms with E-state index in [9.17, 15) is 8.42 Å². The third kappa shape index (κ3) is 4.70. The first-order valence-corrected chi connectivity index (χ1v) is 8.73. The molecule has 0 aromatic rings. The minimum absolute atomic E-state index is 0.224. The standard InChI is InChI=1S/C13H28N2O3S/c1-13(2,18-4)12(14-3)9-11-7-6-8-15(10-11)19(5,16)17/h11-12,14H,6-10H2,1-5H3. The second-order valence-electron chi connectivity index (χ2n) is 6.01. The van der Waals surface area contributed by atoms with Crippen molar-refractivity contribution >= 4 is 10.0 Å². The average molecular weight is 292 g/mol. The average Bonchev–Trinajstić information content (AvgIpc) is 2.35. The lowest BCUT2D eigenvalue weighted by atomic mass is 9.86. The molecule has 0 amide bonds. The number of nitrogens with one attached hydrogen (secondary N) is 1. The van der Waals surface area contributed by atoms with E-state index in [1.54, 1.807) is 11.4 Å². The Hall–Kier alpha value is -0.170. The van der Waals surface area contributed by atoms with Crippen LogP contribution >= 0.6 is 0 Å². The molecule has 1 heterocycles. The summed E-state index contributed by atoms with van der Waals surface area (Å²) in [5, 5.41) is 3.30. The number of piperidine rings is 1. The maximum absolute atomic E-state index is 11.6. The van der Waals surface area contributed by atoms with Gasteiger partial charge in [0.15, 0.2) is 0 Å². The lowest BCUT2D eigenvalue weighted by Crippen LogP contribution is -2.49. The van der Waals surface area contributed by atoms with Crippen LogP contribution in [0, 0.1) is 5.92 Å². The number of hydrogen-bond donors (Lipinski definition) is 1. The van der Waals surface area contributed by atoms with Gasteiger partial charge in [-0.1, -0.05) is 0 Å². The summed E-state index contributed by atoms with van der Waals surface area (Å²) >= 11 is 0. The Balaban J connectivity index is 2.66. The number of sulfonamides is 1. The number of hydrogen-bond acceptors (Lipinski definition) is 4. The van der Waals surface area contributed by atoms with Crippen LogP contribution in [0.1, 0.15) is 33.1 Å².